The van der Waals surface area contributed by atoms with Gasteiger partial charge >= 0.3 is 0 Å². The van der Waals surface area contributed by atoms with Crippen LogP contribution in [0, 0.1) is 5.92 Å². The minimum absolute atomic E-state index is 0.0326. The van der Waals surface area contributed by atoms with E-state index in [0.29, 0.717) is 38.9 Å². The van der Waals surface area contributed by atoms with Crippen molar-refractivity contribution in [3.63, 3.8) is 0 Å². The minimum Gasteiger partial charge on any atom is -0.341 e. The van der Waals surface area contributed by atoms with Crippen molar-refractivity contribution in [1.29, 1.82) is 0 Å². The standard InChI is InChI=1S/C18H25Cl2N3O5S2/c1-29(25,26)22-8-2-7-21(11-12-22)18(24)14-5-9-23(10-6-14)30(27,28)17-13-15(19)3-4-16(17)20/h3-4,13-14H,2,5-12H2,1H3. The summed E-state index contributed by atoms with van der Waals surface area (Å²) in [6.45, 7) is 1.96. The van der Waals surface area contributed by atoms with Crippen LogP contribution in [0.3, 0.4) is 0 Å². The fourth-order valence-corrected chi connectivity index (χ4v) is 6.94. The van der Waals surface area contributed by atoms with Gasteiger partial charge in [-0.2, -0.15) is 4.31 Å². The number of carbonyl (C=O) groups excluding carboxylic acids is 1. The van der Waals surface area contributed by atoms with Gasteiger partial charge in [-0.25, -0.2) is 21.1 Å². The normalized spacial score (nSPS) is 20.8. The van der Waals surface area contributed by atoms with Crippen LogP contribution in [0.5, 0.6) is 0 Å². The van der Waals surface area contributed by atoms with Crippen molar-refractivity contribution in [3.8, 4) is 0 Å². The number of sulfonamides is 2. The van der Waals surface area contributed by atoms with Crippen LogP contribution in [-0.4, -0.2) is 81.8 Å². The molecule has 1 amide bonds. The van der Waals surface area contributed by atoms with Crippen molar-refractivity contribution in [2.75, 3.05) is 45.5 Å². The van der Waals surface area contributed by atoms with Gasteiger partial charge in [-0.05, 0) is 37.5 Å². The van der Waals surface area contributed by atoms with Crippen LogP contribution in [0.1, 0.15) is 19.3 Å². The lowest BCUT2D eigenvalue weighted by Gasteiger charge is -2.33. The topological polar surface area (TPSA) is 95.1 Å². The molecule has 12 heteroatoms. The molecule has 3 rings (SSSR count). The summed E-state index contributed by atoms with van der Waals surface area (Å²) in [5.74, 6) is -0.320. The Morgan fingerprint density at radius 1 is 0.933 bits per heavy atom. The summed E-state index contributed by atoms with van der Waals surface area (Å²) in [7, 11) is -7.08. The molecule has 0 saturated carbocycles. The Kier molecular flexibility index (Phi) is 7.36. The first-order chi connectivity index (χ1) is 14.0. The summed E-state index contributed by atoms with van der Waals surface area (Å²) >= 11 is 12.0. The van der Waals surface area contributed by atoms with Crippen LogP contribution in [0.15, 0.2) is 23.1 Å². The number of halogens is 2. The highest BCUT2D eigenvalue weighted by Gasteiger charge is 2.35. The van der Waals surface area contributed by atoms with Crippen molar-refractivity contribution >= 4 is 49.2 Å². The monoisotopic (exact) mass is 497 g/mol. The maximum absolute atomic E-state index is 12.9. The first-order valence-electron chi connectivity index (χ1n) is 9.69. The second kappa shape index (κ2) is 9.30. The first kappa shape index (κ1) is 23.7. The Labute approximate surface area is 187 Å². The van der Waals surface area contributed by atoms with Gasteiger partial charge in [-0.3, -0.25) is 4.79 Å². The third-order valence-electron chi connectivity index (χ3n) is 5.55. The highest BCUT2D eigenvalue weighted by Crippen LogP contribution is 2.31. The lowest BCUT2D eigenvalue weighted by atomic mass is 9.96. The van der Waals surface area contributed by atoms with Crippen LogP contribution in [0.25, 0.3) is 0 Å². The Hall–Kier alpha value is -0.910. The summed E-state index contributed by atoms with van der Waals surface area (Å²) in [5.41, 5.74) is 0. The molecular formula is C18H25Cl2N3O5S2. The molecule has 1 aromatic carbocycles. The molecule has 1 aromatic rings. The van der Waals surface area contributed by atoms with E-state index in [1.807, 2.05) is 0 Å². The zero-order valence-corrected chi connectivity index (χ0v) is 19.8. The summed E-state index contributed by atoms with van der Waals surface area (Å²) in [6, 6.07) is 4.31. The molecular weight excluding hydrogens is 473 g/mol. The molecule has 168 valence electrons. The van der Waals surface area contributed by atoms with Gasteiger partial charge in [0.15, 0.2) is 0 Å². The molecule has 0 atom stereocenters. The number of amides is 1. The second-order valence-electron chi connectivity index (χ2n) is 7.59. The molecule has 2 heterocycles. The Morgan fingerprint density at radius 2 is 1.60 bits per heavy atom. The van der Waals surface area contributed by atoms with Crippen LogP contribution >= 0.6 is 23.2 Å². The maximum Gasteiger partial charge on any atom is 0.244 e. The number of nitrogens with zero attached hydrogens (tertiary/aromatic N) is 3. The van der Waals surface area contributed by atoms with E-state index >= 15 is 0 Å². The third kappa shape index (κ3) is 5.28. The average molecular weight is 498 g/mol. The van der Waals surface area contributed by atoms with E-state index in [0.717, 1.165) is 0 Å². The Balaban J connectivity index is 1.62. The van der Waals surface area contributed by atoms with E-state index in [4.69, 9.17) is 23.2 Å². The highest BCUT2D eigenvalue weighted by molar-refractivity contribution is 7.89. The molecule has 0 unspecified atom stereocenters. The predicted octanol–water partition coefficient (Wildman–Crippen LogP) is 1.89. The summed E-state index contributed by atoms with van der Waals surface area (Å²) in [5, 5.41) is 0.393. The Morgan fingerprint density at radius 3 is 2.23 bits per heavy atom. The van der Waals surface area contributed by atoms with Gasteiger partial charge in [0.05, 0.1) is 11.3 Å². The van der Waals surface area contributed by atoms with Gasteiger partial charge in [0.25, 0.3) is 0 Å². The van der Waals surface area contributed by atoms with Crippen molar-refractivity contribution in [2.24, 2.45) is 5.92 Å². The SMILES string of the molecule is CS(=O)(=O)N1CCCN(C(=O)C2CCN(S(=O)(=O)c3cc(Cl)ccc3Cl)CC2)CC1. The lowest BCUT2D eigenvalue weighted by molar-refractivity contribution is -0.136. The molecule has 8 nitrogen and oxygen atoms in total. The van der Waals surface area contributed by atoms with E-state index in [1.165, 1.54) is 33.1 Å². The smallest absolute Gasteiger partial charge is 0.244 e. The van der Waals surface area contributed by atoms with Gasteiger partial charge in [-0.15, -0.1) is 0 Å². The van der Waals surface area contributed by atoms with Crippen molar-refractivity contribution in [2.45, 2.75) is 24.2 Å². The maximum atomic E-state index is 12.9. The van der Waals surface area contributed by atoms with E-state index in [2.05, 4.69) is 0 Å². The fraction of sp³-hybridized carbons (Fsp3) is 0.611. The van der Waals surface area contributed by atoms with E-state index < -0.39 is 20.0 Å². The molecule has 2 aliphatic heterocycles. The van der Waals surface area contributed by atoms with Gasteiger partial charge < -0.3 is 4.90 Å². The number of hydrogen-bond donors (Lipinski definition) is 0. The molecule has 0 aromatic heterocycles. The summed E-state index contributed by atoms with van der Waals surface area (Å²) < 4.78 is 52.1. The third-order valence-corrected chi connectivity index (χ3v) is 9.47. The highest BCUT2D eigenvalue weighted by atomic mass is 35.5. The van der Waals surface area contributed by atoms with Gasteiger partial charge in [0, 0.05) is 50.2 Å². The van der Waals surface area contributed by atoms with Gasteiger partial charge in [-0.1, -0.05) is 23.2 Å². The molecule has 0 radical (unpaired) electrons. The van der Waals surface area contributed by atoms with E-state index in [9.17, 15) is 21.6 Å². The van der Waals surface area contributed by atoms with Gasteiger partial charge in [0.2, 0.25) is 26.0 Å². The number of benzene rings is 1. The molecule has 2 saturated heterocycles. The predicted molar refractivity (Wildman–Crippen MR) is 116 cm³/mol. The molecule has 2 fully saturated rings. The number of rotatable bonds is 4. The molecule has 0 aliphatic carbocycles. The van der Waals surface area contributed by atoms with Crippen LogP contribution in [0.2, 0.25) is 10.0 Å². The van der Waals surface area contributed by atoms with Crippen LogP contribution < -0.4 is 0 Å². The largest absolute Gasteiger partial charge is 0.341 e. The number of carbonyl (C=O) groups is 1. The molecule has 0 bridgehead atoms. The molecule has 0 spiro atoms. The zero-order valence-electron chi connectivity index (χ0n) is 16.6. The number of piperidine rings is 1. The zero-order chi connectivity index (χ0) is 22.1. The van der Waals surface area contributed by atoms with Crippen molar-refractivity contribution < 1.29 is 21.6 Å². The van der Waals surface area contributed by atoms with E-state index in [-0.39, 0.29) is 46.4 Å². The van der Waals surface area contributed by atoms with Crippen LogP contribution in [-0.2, 0) is 24.8 Å². The number of hydrogen-bond acceptors (Lipinski definition) is 5. The van der Waals surface area contributed by atoms with Crippen molar-refractivity contribution in [1.82, 2.24) is 13.5 Å². The van der Waals surface area contributed by atoms with Gasteiger partial charge in [0.1, 0.15) is 4.90 Å². The lowest BCUT2D eigenvalue weighted by Crippen LogP contribution is -2.45. The minimum atomic E-state index is -3.80. The fourth-order valence-electron chi connectivity index (χ4n) is 3.86. The summed E-state index contributed by atoms with van der Waals surface area (Å²) in [6.07, 6.45) is 2.57. The molecule has 2 aliphatic rings. The first-order valence-corrected chi connectivity index (χ1v) is 13.7. The Bertz CT molecular complexity index is 1010. The average Bonchev–Trinajstić information content (AvgIpc) is 2.95. The molecule has 30 heavy (non-hydrogen) atoms. The van der Waals surface area contributed by atoms with Crippen LogP contribution in [0.4, 0.5) is 0 Å². The van der Waals surface area contributed by atoms with E-state index in [1.54, 1.807) is 4.90 Å². The summed E-state index contributed by atoms with van der Waals surface area (Å²) in [4.78, 5) is 14.6. The quantitative estimate of drug-likeness (QED) is 0.632. The van der Waals surface area contributed by atoms with Crippen molar-refractivity contribution in [3.05, 3.63) is 28.2 Å². The second-order valence-corrected chi connectivity index (χ2v) is 12.3. The molecule has 0 N–H and O–H groups in total.